The van der Waals surface area contributed by atoms with Crippen LogP contribution in [0.25, 0.3) is 0 Å². The van der Waals surface area contributed by atoms with Crippen molar-refractivity contribution in [2.75, 3.05) is 5.33 Å². The van der Waals surface area contributed by atoms with Crippen molar-refractivity contribution in [3.05, 3.63) is 12.2 Å². The van der Waals surface area contributed by atoms with Gasteiger partial charge in [-0.05, 0) is 12.5 Å². The van der Waals surface area contributed by atoms with Crippen molar-refractivity contribution in [3.63, 3.8) is 0 Å². The molecule has 0 nitrogen and oxygen atoms in total. The molecule has 0 bridgehead atoms. The van der Waals surface area contributed by atoms with Crippen LogP contribution in [0.15, 0.2) is 12.2 Å². The van der Waals surface area contributed by atoms with Crippen LogP contribution < -0.4 is 0 Å². The predicted octanol–water partition coefficient (Wildman–Crippen LogP) is 3.67. The van der Waals surface area contributed by atoms with Crippen molar-refractivity contribution in [3.8, 4) is 0 Å². The zero-order valence-electron chi connectivity index (χ0n) is 7.15. The number of rotatable bonds is 4. The summed E-state index contributed by atoms with van der Waals surface area (Å²) in [4.78, 5) is 0. The van der Waals surface area contributed by atoms with Crippen LogP contribution in [0, 0.1) is 0 Å². The van der Waals surface area contributed by atoms with Crippen molar-refractivity contribution < 1.29 is 0 Å². The van der Waals surface area contributed by atoms with Crippen molar-refractivity contribution in [2.45, 2.75) is 32.1 Å². The molecule has 0 aromatic rings. The van der Waals surface area contributed by atoms with E-state index >= 15 is 0 Å². The molecule has 0 saturated heterocycles. The molecule has 0 aliphatic carbocycles. The van der Waals surface area contributed by atoms with Gasteiger partial charge < -0.3 is 0 Å². The average Bonchev–Trinajstić information content (AvgIpc) is 1.78. The van der Waals surface area contributed by atoms with Crippen LogP contribution in [-0.2, 0) is 0 Å². The van der Waals surface area contributed by atoms with E-state index < -0.39 is 8.07 Å². The maximum Gasteiger partial charge on any atom is 0.0480 e. The zero-order valence-corrected chi connectivity index (χ0v) is 9.74. The Labute approximate surface area is 73.9 Å². The highest BCUT2D eigenvalue weighted by Gasteiger charge is 2.08. The van der Waals surface area contributed by atoms with E-state index in [0.717, 1.165) is 5.33 Å². The molecule has 0 amide bonds. The lowest BCUT2D eigenvalue weighted by atomic mass is 10.4. The lowest BCUT2D eigenvalue weighted by Gasteiger charge is -2.11. The fourth-order valence-corrected chi connectivity index (χ4v) is 1.76. The molecule has 0 unspecified atom stereocenters. The van der Waals surface area contributed by atoms with Crippen LogP contribution in [0.2, 0.25) is 25.7 Å². The highest BCUT2D eigenvalue weighted by Crippen LogP contribution is 2.08. The van der Waals surface area contributed by atoms with Crippen LogP contribution in [0.5, 0.6) is 0 Å². The molecule has 0 radical (unpaired) electrons. The third kappa shape index (κ3) is 8.44. The Balaban J connectivity index is 3.34. The van der Waals surface area contributed by atoms with Crippen LogP contribution in [-0.4, -0.2) is 13.4 Å². The van der Waals surface area contributed by atoms with E-state index in [9.17, 15) is 0 Å². The van der Waals surface area contributed by atoms with Gasteiger partial charge in [0.2, 0.25) is 0 Å². The summed E-state index contributed by atoms with van der Waals surface area (Å²) < 4.78 is 0. The van der Waals surface area contributed by atoms with Gasteiger partial charge in [-0.1, -0.05) is 47.7 Å². The second-order valence-electron chi connectivity index (χ2n) is 3.71. The highest BCUT2D eigenvalue weighted by atomic mass is 79.9. The molecule has 0 aromatic carbocycles. The fourth-order valence-electron chi connectivity index (χ4n) is 0.618. The third-order valence-electron chi connectivity index (χ3n) is 1.17. The van der Waals surface area contributed by atoms with Gasteiger partial charge in [-0.3, -0.25) is 0 Å². The van der Waals surface area contributed by atoms with Gasteiger partial charge in [0, 0.05) is 13.4 Å². The summed E-state index contributed by atoms with van der Waals surface area (Å²) in [7, 11) is -0.809. The first-order chi connectivity index (χ1) is 4.56. The smallest absolute Gasteiger partial charge is 0.0480 e. The topological polar surface area (TPSA) is 0 Å². The minimum Gasteiger partial charge on any atom is -0.0925 e. The van der Waals surface area contributed by atoms with Gasteiger partial charge in [0.25, 0.3) is 0 Å². The largest absolute Gasteiger partial charge is 0.0925 e. The van der Waals surface area contributed by atoms with E-state index in [-0.39, 0.29) is 0 Å². The van der Waals surface area contributed by atoms with E-state index in [1.165, 1.54) is 12.5 Å². The van der Waals surface area contributed by atoms with Crippen molar-refractivity contribution in [2.24, 2.45) is 0 Å². The summed E-state index contributed by atoms with van der Waals surface area (Å²) in [6.07, 6.45) is 5.77. The van der Waals surface area contributed by atoms with Gasteiger partial charge in [0.15, 0.2) is 0 Å². The molecule has 10 heavy (non-hydrogen) atoms. The van der Waals surface area contributed by atoms with Crippen LogP contribution in [0.4, 0.5) is 0 Å². The molecule has 0 fully saturated rings. The Bertz CT molecular complexity index is 102. The number of hydrogen-bond acceptors (Lipinski definition) is 0. The first kappa shape index (κ1) is 10.4. The summed E-state index contributed by atoms with van der Waals surface area (Å²) in [6, 6.07) is 1.32. The maximum absolute atomic E-state index is 3.39. The molecule has 2 heteroatoms. The zero-order chi connectivity index (χ0) is 8.04. The second-order valence-corrected chi connectivity index (χ2v) is 10.0. The number of alkyl halides is 1. The molecule has 60 valence electrons. The summed E-state index contributed by atoms with van der Waals surface area (Å²) in [5.74, 6) is 0. The molecule has 0 rings (SSSR count). The molecular weight excluding hydrogens is 204 g/mol. The number of halogens is 1. The monoisotopic (exact) mass is 220 g/mol. The first-order valence-corrected chi connectivity index (χ1v) is 8.60. The summed E-state index contributed by atoms with van der Waals surface area (Å²) in [5.41, 5.74) is 0. The van der Waals surface area contributed by atoms with E-state index in [4.69, 9.17) is 0 Å². The van der Waals surface area contributed by atoms with Crippen LogP contribution in [0.3, 0.4) is 0 Å². The Morgan fingerprint density at radius 2 is 1.80 bits per heavy atom. The minimum atomic E-state index is -0.809. The van der Waals surface area contributed by atoms with Crippen LogP contribution >= 0.6 is 15.9 Å². The Morgan fingerprint density at radius 3 is 2.20 bits per heavy atom. The van der Waals surface area contributed by atoms with Crippen molar-refractivity contribution in [1.82, 2.24) is 0 Å². The normalized spacial score (nSPS) is 12.8. The third-order valence-corrected chi connectivity index (χ3v) is 3.09. The van der Waals surface area contributed by atoms with Gasteiger partial charge in [0.05, 0.1) is 0 Å². The standard InChI is InChI=1S/C8H17BrSi/c1-10(2,3)8-6-4-5-7-9/h4,6H,5,7-8H2,1-3H3/b6-4+. The minimum absolute atomic E-state index is 0.809. The Hall–Kier alpha value is 0.437. The van der Waals surface area contributed by atoms with Crippen molar-refractivity contribution in [1.29, 1.82) is 0 Å². The Kier molecular flexibility index (Phi) is 5.36. The molecule has 0 aromatic heterocycles. The van der Waals surface area contributed by atoms with Gasteiger partial charge in [0.1, 0.15) is 0 Å². The summed E-state index contributed by atoms with van der Waals surface area (Å²) in [5, 5.41) is 1.09. The van der Waals surface area contributed by atoms with E-state index in [1.807, 2.05) is 0 Å². The average molecular weight is 221 g/mol. The fraction of sp³-hybridized carbons (Fsp3) is 0.750. The second kappa shape index (κ2) is 5.14. The molecule has 0 aliphatic heterocycles. The first-order valence-electron chi connectivity index (χ1n) is 3.77. The SMILES string of the molecule is C[Si](C)(C)C/C=C/CCBr. The van der Waals surface area contributed by atoms with Gasteiger partial charge in [-0.25, -0.2) is 0 Å². The molecular formula is C8H17BrSi. The highest BCUT2D eigenvalue weighted by molar-refractivity contribution is 9.09. The quantitative estimate of drug-likeness (QED) is 0.386. The van der Waals surface area contributed by atoms with Crippen LogP contribution in [0.1, 0.15) is 6.42 Å². The molecule has 0 saturated carbocycles. The number of allylic oxidation sites excluding steroid dienone is 2. The van der Waals surface area contributed by atoms with E-state index in [1.54, 1.807) is 0 Å². The molecule has 0 atom stereocenters. The maximum atomic E-state index is 3.39. The molecule has 0 aliphatic rings. The molecule has 0 N–H and O–H groups in total. The predicted molar refractivity (Wildman–Crippen MR) is 55.7 cm³/mol. The van der Waals surface area contributed by atoms with Gasteiger partial charge in [-0.2, -0.15) is 0 Å². The molecule has 0 heterocycles. The lowest BCUT2D eigenvalue weighted by Crippen LogP contribution is -2.17. The molecule has 0 spiro atoms. The van der Waals surface area contributed by atoms with Gasteiger partial charge in [-0.15, -0.1) is 0 Å². The summed E-state index contributed by atoms with van der Waals surface area (Å²) >= 11 is 3.39. The van der Waals surface area contributed by atoms with E-state index in [2.05, 4.69) is 47.7 Å². The van der Waals surface area contributed by atoms with Crippen molar-refractivity contribution >= 4 is 24.0 Å². The van der Waals surface area contributed by atoms with E-state index in [0.29, 0.717) is 0 Å². The summed E-state index contributed by atoms with van der Waals surface area (Å²) in [6.45, 7) is 7.18. The Morgan fingerprint density at radius 1 is 1.20 bits per heavy atom. The lowest BCUT2D eigenvalue weighted by molar-refractivity contribution is 1.25. The number of hydrogen-bond donors (Lipinski definition) is 0. The van der Waals surface area contributed by atoms with Gasteiger partial charge >= 0.3 is 0 Å².